The fourth-order valence-corrected chi connectivity index (χ4v) is 4.00. The normalized spacial score (nSPS) is 11.3. The maximum absolute atomic E-state index is 2.50. The van der Waals surface area contributed by atoms with Crippen molar-refractivity contribution in [3.05, 3.63) is 58.7 Å². The summed E-state index contributed by atoms with van der Waals surface area (Å²) in [4.78, 5) is 2.27. The van der Waals surface area contributed by atoms with E-state index in [1.54, 1.807) is 5.56 Å². The smallest absolute Gasteiger partial charge is 0.0233 e. The summed E-state index contributed by atoms with van der Waals surface area (Å²) in [5.74, 6) is 0. The van der Waals surface area contributed by atoms with Gasteiger partial charge in [-0.3, -0.25) is 0 Å². The average Bonchev–Trinajstić information content (AvgIpc) is 2.63. The summed E-state index contributed by atoms with van der Waals surface area (Å²) in [6.45, 7) is 7.88. The standard InChI is InChI=1S/C26H39N/c1-6-8-10-14-22-18-21(3)24(16-11-9-7-2)26(19-22)25-17-13-12-15-23(25)20-27(4)5/h12-13,15,17-19H,6-11,14,16,20H2,1-5H3. The molecule has 148 valence electrons. The molecule has 0 saturated carbocycles. The topological polar surface area (TPSA) is 3.24 Å². The highest BCUT2D eigenvalue weighted by Gasteiger charge is 2.14. The van der Waals surface area contributed by atoms with Gasteiger partial charge in [0, 0.05) is 6.54 Å². The molecule has 0 radical (unpaired) electrons. The summed E-state index contributed by atoms with van der Waals surface area (Å²) in [6.07, 6.45) is 10.2. The molecule has 2 rings (SSSR count). The van der Waals surface area contributed by atoms with Crippen LogP contribution >= 0.6 is 0 Å². The summed E-state index contributed by atoms with van der Waals surface area (Å²) >= 11 is 0. The van der Waals surface area contributed by atoms with Crippen molar-refractivity contribution in [2.75, 3.05) is 14.1 Å². The first-order valence-corrected chi connectivity index (χ1v) is 10.9. The van der Waals surface area contributed by atoms with Crippen molar-refractivity contribution in [1.82, 2.24) is 4.90 Å². The van der Waals surface area contributed by atoms with Gasteiger partial charge in [0.05, 0.1) is 0 Å². The zero-order chi connectivity index (χ0) is 19.6. The van der Waals surface area contributed by atoms with Crippen molar-refractivity contribution < 1.29 is 0 Å². The van der Waals surface area contributed by atoms with Crippen LogP contribution in [0.3, 0.4) is 0 Å². The fraction of sp³-hybridized carbons (Fsp3) is 0.538. The molecule has 0 atom stereocenters. The Morgan fingerprint density at radius 3 is 2.11 bits per heavy atom. The summed E-state index contributed by atoms with van der Waals surface area (Å²) < 4.78 is 0. The number of hydrogen-bond donors (Lipinski definition) is 0. The molecular weight excluding hydrogens is 326 g/mol. The van der Waals surface area contributed by atoms with E-state index in [-0.39, 0.29) is 0 Å². The second kappa shape index (κ2) is 11.3. The monoisotopic (exact) mass is 365 g/mol. The largest absolute Gasteiger partial charge is 0.305 e. The van der Waals surface area contributed by atoms with Crippen LogP contribution in [-0.2, 0) is 19.4 Å². The van der Waals surface area contributed by atoms with Gasteiger partial charge in [0.2, 0.25) is 0 Å². The maximum atomic E-state index is 2.50. The van der Waals surface area contributed by atoms with Gasteiger partial charge in [-0.2, -0.15) is 0 Å². The maximum Gasteiger partial charge on any atom is 0.0233 e. The minimum atomic E-state index is 0.990. The molecule has 0 amide bonds. The van der Waals surface area contributed by atoms with E-state index >= 15 is 0 Å². The first kappa shape index (κ1) is 21.7. The molecule has 0 aliphatic heterocycles. The van der Waals surface area contributed by atoms with Crippen LogP contribution in [0.15, 0.2) is 36.4 Å². The van der Waals surface area contributed by atoms with E-state index in [9.17, 15) is 0 Å². The Balaban J connectivity index is 2.46. The van der Waals surface area contributed by atoms with Gasteiger partial charge in [-0.15, -0.1) is 0 Å². The van der Waals surface area contributed by atoms with Crippen molar-refractivity contribution in [2.45, 2.75) is 78.7 Å². The zero-order valence-corrected chi connectivity index (χ0v) is 18.3. The van der Waals surface area contributed by atoms with Crippen LogP contribution < -0.4 is 0 Å². The summed E-state index contributed by atoms with van der Waals surface area (Å²) in [5.41, 5.74) is 8.90. The highest BCUT2D eigenvalue weighted by Crippen LogP contribution is 2.33. The van der Waals surface area contributed by atoms with Crippen molar-refractivity contribution in [1.29, 1.82) is 0 Å². The number of rotatable bonds is 11. The molecule has 1 nitrogen and oxygen atoms in total. The molecule has 0 fully saturated rings. The minimum absolute atomic E-state index is 0.990. The highest BCUT2D eigenvalue weighted by molar-refractivity contribution is 5.73. The lowest BCUT2D eigenvalue weighted by Crippen LogP contribution is -2.12. The van der Waals surface area contributed by atoms with Crippen LogP contribution in [0.2, 0.25) is 0 Å². The van der Waals surface area contributed by atoms with Gasteiger partial charge in [-0.25, -0.2) is 0 Å². The molecule has 1 heteroatoms. The third kappa shape index (κ3) is 6.50. The van der Waals surface area contributed by atoms with Crippen molar-refractivity contribution in [3.63, 3.8) is 0 Å². The van der Waals surface area contributed by atoms with Gasteiger partial charge < -0.3 is 4.90 Å². The Bertz CT molecular complexity index is 699. The quantitative estimate of drug-likeness (QED) is 0.381. The second-order valence-corrected chi connectivity index (χ2v) is 8.25. The lowest BCUT2D eigenvalue weighted by molar-refractivity contribution is 0.403. The summed E-state index contributed by atoms with van der Waals surface area (Å²) in [5, 5.41) is 0. The van der Waals surface area contributed by atoms with Crippen molar-refractivity contribution >= 4 is 0 Å². The van der Waals surface area contributed by atoms with Crippen LogP contribution in [0.25, 0.3) is 11.1 Å². The average molecular weight is 366 g/mol. The lowest BCUT2D eigenvalue weighted by atomic mass is 9.87. The summed E-state index contributed by atoms with van der Waals surface area (Å²) in [6, 6.07) is 13.9. The SMILES string of the molecule is CCCCCc1cc(C)c(CCCCC)c(-c2ccccc2CN(C)C)c1. The van der Waals surface area contributed by atoms with Gasteiger partial charge in [0.1, 0.15) is 0 Å². The third-order valence-electron chi connectivity index (χ3n) is 5.43. The Labute approximate surface area is 167 Å². The van der Waals surface area contributed by atoms with E-state index < -0.39 is 0 Å². The van der Waals surface area contributed by atoms with E-state index in [1.165, 1.54) is 79.2 Å². The number of unbranched alkanes of at least 4 members (excludes halogenated alkanes) is 4. The molecule has 0 N–H and O–H groups in total. The lowest BCUT2D eigenvalue weighted by Gasteiger charge is -2.20. The van der Waals surface area contributed by atoms with Gasteiger partial charge in [0.25, 0.3) is 0 Å². The molecular formula is C26H39N. The molecule has 0 heterocycles. The molecule has 2 aromatic carbocycles. The van der Waals surface area contributed by atoms with E-state index in [0.29, 0.717) is 0 Å². The zero-order valence-electron chi connectivity index (χ0n) is 18.3. The predicted octanol–water partition coefficient (Wildman–Crippen LogP) is 7.19. The van der Waals surface area contributed by atoms with E-state index in [2.05, 4.69) is 76.2 Å². The number of benzene rings is 2. The molecule has 0 saturated heterocycles. The van der Waals surface area contributed by atoms with Crippen LogP contribution in [-0.4, -0.2) is 19.0 Å². The Morgan fingerprint density at radius 1 is 0.778 bits per heavy atom. The molecule has 27 heavy (non-hydrogen) atoms. The second-order valence-electron chi connectivity index (χ2n) is 8.25. The number of aryl methyl sites for hydroxylation is 2. The Morgan fingerprint density at radius 2 is 1.44 bits per heavy atom. The Kier molecular flexibility index (Phi) is 9.07. The van der Waals surface area contributed by atoms with E-state index in [0.717, 1.165) is 6.54 Å². The van der Waals surface area contributed by atoms with Gasteiger partial charge in [-0.05, 0) is 80.1 Å². The minimum Gasteiger partial charge on any atom is -0.305 e. The van der Waals surface area contributed by atoms with Gasteiger partial charge in [0.15, 0.2) is 0 Å². The number of hydrogen-bond acceptors (Lipinski definition) is 1. The van der Waals surface area contributed by atoms with Crippen LogP contribution in [0.1, 0.15) is 74.6 Å². The molecule has 0 aromatic heterocycles. The molecule has 2 aromatic rings. The first-order chi connectivity index (χ1) is 13.1. The molecule has 0 bridgehead atoms. The van der Waals surface area contributed by atoms with Crippen molar-refractivity contribution in [3.8, 4) is 11.1 Å². The van der Waals surface area contributed by atoms with E-state index in [1.807, 2.05) is 0 Å². The van der Waals surface area contributed by atoms with Crippen LogP contribution in [0.5, 0.6) is 0 Å². The van der Waals surface area contributed by atoms with E-state index in [4.69, 9.17) is 0 Å². The predicted molar refractivity (Wildman–Crippen MR) is 120 cm³/mol. The van der Waals surface area contributed by atoms with Crippen LogP contribution in [0.4, 0.5) is 0 Å². The highest BCUT2D eigenvalue weighted by atomic mass is 15.0. The molecule has 0 aliphatic rings. The van der Waals surface area contributed by atoms with Gasteiger partial charge >= 0.3 is 0 Å². The molecule has 0 unspecified atom stereocenters. The number of nitrogens with zero attached hydrogens (tertiary/aromatic N) is 1. The van der Waals surface area contributed by atoms with Gasteiger partial charge in [-0.1, -0.05) is 75.9 Å². The molecule has 0 spiro atoms. The van der Waals surface area contributed by atoms with Crippen LogP contribution in [0, 0.1) is 6.92 Å². The molecule has 0 aliphatic carbocycles. The first-order valence-electron chi connectivity index (χ1n) is 10.9. The van der Waals surface area contributed by atoms with Crippen molar-refractivity contribution in [2.24, 2.45) is 0 Å². The summed E-state index contributed by atoms with van der Waals surface area (Å²) in [7, 11) is 4.32. The third-order valence-corrected chi connectivity index (χ3v) is 5.43. The fourth-order valence-electron chi connectivity index (χ4n) is 4.00. The Hall–Kier alpha value is -1.60.